The largest absolute Gasteiger partial charge is 0.461 e. The lowest BCUT2D eigenvalue weighted by atomic mass is 10.4. The predicted molar refractivity (Wildman–Crippen MR) is 43.1 cm³/mol. The normalized spacial score (nSPS) is 10.7. The number of hydrogen-bond acceptors (Lipinski definition) is 3. The molecule has 0 heterocycles. The van der Waals surface area contributed by atoms with Crippen molar-refractivity contribution in [2.45, 2.75) is 13.8 Å². The van der Waals surface area contributed by atoms with Gasteiger partial charge in [-0.2, -0.15) is 0 Å². The van der Waals surface area contributed by atoms with E-state index in [2.05, 4.69) is 10.1 Å². The smallest absolute Gasteiger partial charge is 0.354 e. The lowest BCUT2D eigenvalue weighted by Gasteiger charge is -2.05. The van der Waals surface area contributed by atoms with Gasteiger partial charge in [0.25, 0.3) is 0 Å². The van der Waals surface area contributed by atoms with E-state index in [-0.39, 0.29) is 12.3 Å². The van der Waals surface area contributed by atoms with Gasteiger partial charge in [0.15, 0.2) is 0 Å². The predicted octanol–water partition coefficient (Wildman–Crippen LogP) is 0.122. The number of esters is 1. The Morgan fingerprint density at radius 3 is 2.50 bits per heavy atom. The summed E-state index contributed by atoms with van der Waals surface area (Å²) in [6.07, 6.45) is 1.42. The molecule has 2 amide bonds. The Morgan fingerprint density at radius 2 is 2.17 bits per heavy atom. The molecular formula is C7H12N2O3. The molecule has 0 fully saturated rings. The first-order chi connectivity index (χ1) is 5.61. The fourth-order valence-corrected chi connectivity index (χ4v) is 0.583. The number of hydrogen-bond donors (Lipinski definition) is 2. The molecule has 0 spiro atoms. The standard InChI is InChI=1S/C7H12N2O3/c1-3-5(9-7(8)11)6(10)12-4-2/h3H,4H2,1-2H3,(H3,8,9,11)/b5-3-. The third-order valence-electron chi connectivity index (χ3n) is 1.04. The zero-order valence-corrected chi connectivity index (χ0v) is 7.09. The van der Waals surface area contributed by atoms with Crippen molar-refractivity contribution in [2.75, 3.05) is 6.61 Å². The molecule has 0 bridgehead atoms. The molecule has 0 aromatic heterocycles. The van der Waals surface area contributed by atoms with Gasteiger partial charge in [-0.25, -0.2) is 9.59 Å². The van der Waals surface area contributed by atoms with Gasteiger partial charge in [0.2, 0.25) is 0 Å². The van der Waals surface area contributed by atoms with Crippen LogP contribution in [0.25, 0.3) is 0 Å². The van der Waals surface area contributed by atoms with E-state index in [1.54, 1.807) is 13.8 Å². The van der Waals surface area contributed by atoms with E-state index in [0.29, 0.717) is 0 Å². The van der Waals surface area contributed by atoms with Gasteiger partial charge >= 0.3 is 12.0 Å². The number of carbonyl (C=O) groups is 2. The minimum absolute atomic E-state index is 0.0596. The molecule has 0 saturated heterocycles. The monoisotopic (exact) mass is 172 g/mol. The average molecular weight is 172 g/mol. The van der Waals surface area contributed by atoms with Gasteiger partial charge in [0, 0.05) is 0 Å². The van der Waals surface area contributed by atoms with Crippen molar-refractivity contribution in [1.29, 1.82) is 0 Å². The van der Waals surface area contributed by atoms with E-state index < -0.39 is 12.0 Å². The second kappa shape index (κ2) is 5.17. The summed E-state index contributed by atoms with van der Waals surface area (Å²) in [5.74, 6) is -0.584. The highest BCUT2D eigenvalue weighted by molar-refractivity contribution is 5.92. The summed E-state index contributed by atoms with van der Waals surface area (Å²) in [7, 11) is 0. The lowest BCUT2D eigenvalue weighted by molar-refractivity contribution is -0.138. The van der Waals surface area contributed by atoms with Crippen LogP contribution in [0.3, 0.4) is 0 Å². The van der Waals surface area contributed by atoms with E-state index in [4.69, 9.17) is 5.73 Å². The van der Waals surface area contributed by atoms with Crippen LogP contribution in [0.1, 0.15) is 13.8 Å². The summed E-state index contributed by atoms with van der Waals surface area (Å²) in [5, 5.41) is 2.14. The fourth-order valence-electron chi connectivity index (χ4n) is 0.583. The first kappa shape index (κ1) is 10.5. The Balaban J connectivity index is 4.17. The van der Waals surface area contributed by atoms with Gasteiger partial charge in [-0.1, -0.05) is 6.08 Å². The van der Waals surface area contributed by atoms with Gasteiger partial charge in [-0.3, -0.25) is 0 Å². The molecule has 0 atom stereocenters. The molecule has 5 nitrogen and oxygen atoms in total. The topological polar surface area (TPSA) is 81.4 Å². The Morgan fingerprint density at radius 1 is 1.58 bits per heavy atom. The fraction of sp³-hybridized carbons (Fsp3) is 0.429. The van der Waals surface area contributed by atoms with E-state index >= 15 is 0 Å². The third kappa shape index (κ3) is 3.60. The van der Waals surface area contributed by atoms with Gasteiger partial charge < -0.3 is 15.8 Å². The van der Waals surface area contributed by atoms with Gasteiger partial charge in [-0.15, -0.1) is 0 Å². The minimum atomic E-state index is -0.781. The Kier molecular flexibility index (Phi) is 4.52. The molecule has 0 aliphatic rings. The average Bonchev–Trinajstić information content (AvgIpc) is 2.00. The van der Waals surface area contributed by atoms with Gasteiger partial charge in [0.05, 0.1) is 6.61 Å². The molecule has 0 unspecified atom stereocenters. The highest BCUT2D eigenvalue weighted by Crippen LogP contribution is 1.92. The van der Waals surface area contributed by atoms with Crippen LogP contribution in [0.15, 0.2) is 11.8 Å². The van der Waals surface area contributed by atoms with Crippen molar-refractivity contribution in [3.63, 3.8) is 0 Å². The first-order valence-corrected chi connectivity index (χ1v) is 3.51. The second-order valence-electron chi connectivity index (χ2n) is 1.91. The van der Waals surface area contributed by atoms with Crippen LogP contribution in [-0.2, 0) is 9.53 Å². The number of allylic oxidation sites excluding steroid dienone is 1. The Hall–Kier alpha value is -1.52. The van der Waals surface area contributed by atoms with Crippen LogP contribution in [0.5, 0.6) is 0 Å². The SMILES string of the molecule is C/C=C(\NC(N)=O)C(=O)OCC. The number of nitrogens with two attached hydrogens (primary N) is 1. The van der Waals surface area contributed by atoms with E-state index in [9.17, 15) is 9.59 Å². The molecule has 12 heavy (non-hydrogen) atoms. The first-order valence-electron chi connectivity index (χ1n) is 3.51. The van der Waals surface area contributed by atoms with Crippen LogP contribution in [0.4, 0.5) is 4.79 Å². The zero-order valence-electron chi connectivity index (χ0n) is 7.09. The molecule has 0 aliphatic heterocycles. The summed E-state index contributed by atoms with van der Waals surface area (Å²) >= 11 is 0. The van der Waals surface area contributed by atoms with Crippen molar-refractivity contribution < 1.29 is 14.3 Å². The number of amides is 2. The molecule has 3 N–H and O–H groups in total. The number of carbonyl (C=O) groups excluding carboxylic acids is 2. The minimum Gasteiger partial charge on any atom is -0.461 e. The number of rotatable bonds is 3. The lowest BCUT2D eigenvalue weighted by Crippen LogP contribution is -2.32. The van der Waals surface area contributed by atoms with Crippen molar-refractivity contribution in [3.05, 3.63) is 11.8 Å². The summed E-state index contributed by atoms with van der Waals surface area (Å²) in [6, 6.07) is -0.781. The number of urea groups is 1. The Labute approximate surface area is 70.6 Å². The molecule has 0 rings (SSSR count). The highest BCUT2D eigenvalue weighted by atomic mass is 16.5. The number of primary amides is 1. The number of ether oxygens (including phenoxy) is 1. The van der Waals surface area contributed by atoms with E-state index in [0.717, 1.165) is 0 Å². The molecule has 0 aromatic carbocycles. The van der Waals surface area contributed by atoms with Crippen LogP contribution in [-0.4, -0.2) is 18.6 Å². The Bertz CT molecular complexity index is 211. The summed E-state index contributed by atoms with van der Waals surface area (Å²) in [5.41, 5.74) is 4.86. The zero-order chi connectivity index (χ0) is 9.56. The van der Waals surface area contributed by atoms with E-state index in [1.165, 1.54) is 6.08 Å². The van der Waals surface area contributed by atoms with Crippen LogP contribution in [0, 0.1) is 0 Å². The van der Waals surface area contributed by atoms with Crippen LogP contribution < -0.4 is 11.1 Å². The van der Waals surface area contributed by atoms with Gasteiger partial charge in [-0.05, 0) is 13.8 Å². The number of nitrogens with one attached hydrogen (secondary N) is 1. The van der Waals surface area contributed by atoms with Crippen molar-refractivity contribution in [1.82, 2.24) is 5.32 Å². The maximum atomic E-state index is 10.9. The van der Waals surface area contributed by atoms with Crippen LogP contribution in [0.2, 0.25) is 0 Å². The molecular weight excluding hydrogens is 160 g/mol. The van der Waals surface area contributed by atoms with Crippen molar-refractivity contribution in [2.24, 2.45) is 5.73 Å². The summed E-state index contributed by atoms with van der Waals surface area (Å²) in [6.45, 7) is 3.54. The third-order valence-corrected chi connectivity index (χ3v) is 1.04. The highest BCUT2D eigenvalue weighted by Gasteiger charge is 2.09. The molecule has 5 heteroatoms. The van der Waals surface area contributed by atoms with Gasteiger partial charge in [0.1, 0.15) is 5.70 Å². The molecule has 0 radical (unpaired) electrons. The maximum Gasteiger partial charge on any atom is 0.354 e. The second-order valence-corrected chi connectivity index (χ2v) is 1.91. The van der Waals surface area contributed by atoms with Crippen LogP contribution >= 0.6 is 0 Å². The molecule has 0 aliphatic carbocycles. The van der Waals surface area contributed by atoms with Crippen molar-refractivity contribution >= 4 is 12.0 Å². The molecule has 68 valence electrons. The summed E-state index contributed by atoms with van der Waals surface area (Å²) < 4.78 is 4.62. The summed E-state index contributed by atoms with van der Waals surface area (Å²) in [4.78, 5) is 21.3. The van der Waals surface area contributed by atoms with E-state index in [1.807, 2.05) is 0 Å². The van der Waals surface area contributed by atoms with Crippen molar-refractivity contribution in [3.8, 4) is 0 Å². The molecule has 0 saturated carbocycles. The quantitative estimate of drug-likeness (QED) is 0.468. The molecule has 0 aromatic rings. The maximum absolute atomic E-state index is 10.9.